The van der Waals surface area contributed by atoms with Crippen LogP contribution in [0.25, 0.3) is 0 Å². The second-order valence-electron chi connectivity index (χ2n) is 6.14. The zero-order chi connectivity index (χ0) is 18.2. The molecule has 0 bridgehead atoms. The number of amides is 2. The van der Waals surface area contributed by atoms with Gasteiger partial charge in [0.15, 0.2) is 0 Å². The minimum atomic E-state index is -4.51. The molecule has 1 heterocycles. The lowest BCUT2D eigenvalue weighted by Gasteiger charge is -2.34. The zero-order valence-corrected chi connectivity index (χ0v) is 14.1. The van der Waals surface area contributed by atoms with Gasteiger partial charge in [-0.2, -0.15) is 17.5 Å². The maximum absolute atomic E-state index is 12.6. The monoisotopic (exact) mass is 377 g/mol. The highest BCUT2D eigenvalue weighted by molar-refractivity contribution is 7.89. The quantitative estimate of drug-likeness (QED) is 0.875. The highest BCUT2D eigenvalue weighted by atomic mass is 32.2. The average Bonchev–Trinajstić information content (AvgIpc) is 3.38. The fourth-order valence-corrected chi connectivity index (χ4v) is 4.01. The molecule has 2 aliphatic rings. The first-order valence-electron chi connectivity index (χ1n) is 7.91. The van der Waals surface area contributed by atoms with Crippen LogP contribution in [0.15, 0.2) is 29.2 Å². The van der Waals surface area contributed by atoms with Gasteiger partial charge in [0, 0.05) is 32.2 Å². The van der Waals surface area contributed by atoms with Gasteiger partial charge in [0.25, 0.3) is 0 Å². The average molecular weight is 377 g/mol. The number of nitrogens with zero attached hydrogens (tertiary/aromatic N) is 2. The van der Waals surface area contributed by atoms with Gasteiger partial charge >= 0.3 is 12.2 Å². The van der Waals surface area contributed by atoms with Gasteiger partial charge in [0.1, 0.15) is 0 Å². The van der Waals surface area contributed by atoms with Gasteiger partial charge in [-0.25, -0.2) is 13.2 Å². The molecular weight excluding hydrogens is 359 g/mol. The predicted octanol–water partition coefficient (Wildman–Crippen LogP) is 1.88. The maximum atomic E-state index is 12.6. The maximum Gasteiger partial charge on any atom is 0.416 e. The van der Waals surface area contributed by atoms with Crippen molar-refractivity contribution in [2.24, 2.45) is 0 Å². The molecule has 0 atom stereocenters. The number of carbonyl (C=O) groups is 1. The first kappa shape index (κ1) is 18.0. The number of hydrogen-bond acceptors (Lipinski definition) is 3. The van der Waals surface area contributed by atoms with Gasteiger partial charge in [-0.3, -0.25) is 0 Å². The zero-order valence-electron chi connectivity index (χ0n) is 13.3. The van der Waals surface area contributed by atoms with E-state index < -0.39 is 21.8 Å². The number of halogens is 3. The fraction of sp³-hybridized carbons (Fsp3) is 0.533. The van der Waals surface area contributed by atoms with Gasteiger partial charge in [0.05, 0.1) is 10.5 Å². The van der Waals surface area contributed by atoms with Crippen LogP contribution in [-0.2, 0) is 16.2 Å². The summed E-state index contributed by atoms with van der Waals surface area (Å²) in [5.41, 5.74) is -0.895. The van der Waals surface area contributed by atoms with Crippen molar-refractivity contribution in [3.63, 3.8) is 0 Å². The molecule has 138 valence electrons. The van der Waals surface area contributed by atoms with Crippen LogP contribution in [0, 0.1) is 0 Å². The molecule has 6 nitrogen and oxygen atoms in total. The summed E-state index contributed by atoms with van der Waals surface area (Å²) in [4.78, 5) is 13.3. The number of alkyl halides is 3. The number of hydrogen-bond donors (Lipinski definition) is 1. The van der Waals surface area contributed by atoms with Crippen LogP contribution in [0.2, 0.25) is 0 Å². The van der Waals surface area contributed by atoms with Crippen molar-refractivity contribution in [2.45, 2.75) is 30.0 Å². The Balaban J connectivity index is 1.64. The minimum absolute atomic E-state index is 0.113. The third-order valence-corrected chi connectivity index (χ3v) is 6.16. The van der Waals surface area contributed by atoms with Gasteiger partial charge in [-0.05, 0) is 37.1 Å². The summed E-state index contributed by atoms with van der Waals surface area (Å²) in [6.07, 6.45) is -2.58. The first-order valence-corrected chi connectivity index (χ1v) is 9.35. The number of nitrogens with one attached hydrogen (secondary N) is 1. The Morgan fingerprint density at radius 1 is 1.04 bits per heavy atom. The molecule has 2 fully saturated rings. The molecule has 0 aromatic heterocycles. The molecule has 1 N–H and O–H groups in total. The van der Waals surface area contributed by atoms with Gasteiger partial charge in [-0.1, -0.05) is 0 Å². The van der Waals surface area contributed by atoms with E-state index in [1.54, 1.807) is 4.90 Å². The van der Waals surface area contributed by atoms with Crippen LogP contribution >= 0.6 is 0 Å². The van der Waals surface area contributed by atoms with Crippen molar-refractivity contribution < 1.29 is 26.4 Å². The minimum Gasteiger partial charge on any atom is -0.335 e. The van der Waals surface area contributed by atoms with Crippen LogP contribution in [0.3, 0.4) is 0 Å². The second-order valence-corrected chi connectivity index (χ2v) is 8.07. The largest absolute Gasteiger partial charge is 0.416 e. The molecule has 1 aromatic rings. The number of piperazine rings is 1. The molecule has 3 rings (SSSR count). The molecule has 1 saturated carbocycles. The van der Waals surface area contributed by atoms with E-state index in [0.29, 0.717) is 0 Å². The van der Waals surface area contributed by atoms with Crippen molar-refractivity contribution in [3.05, 3.63) is 29.8 Å². The molecule has 0 spiro atoms. The summed E-state index contributed by atoms with van der Waals surface area (Å²) in [5.74, 6) is 0. The van der Waals surface area contributed by atoms with Crippen LogP contribution < -0.4 is 5.32 Å². The third-order valence-electron chi connectivity index (χ3n) is 4.25. The van der Waals surface area contributed by atoms with E-state index >= 15 is 0 Å². The third kappa shape index (κ3) is 4.06. The van der Waals surface area contributed by atoms with Crippen LogP contribution in [-0.4, -0.2) is 55.9 Å². The predicted molar refractivity (Wildman–Crippen MR) is 83.3 cm³/mol. The Labute approximate surface area is 143 Å². The van der Waals surface area contributed by atoms with E-state index in [1.807, 2.05) is 0 Å². The number of rotatable bonds is 3. The van der Waals surface area contributed by atoms with Crippen LogP contribution in [0.4, 0.5) is 18.0 Å². The Kier molecular flexibility index (Phi) is 4.67. The lowest BCUT2D eigenvalue weighted by atomic mass is 10.2. The molecule has 1 aliphatic carbocycles. The lowest BCUT2D eigenvalue weighted by molar-refractivity contribution is -0.137. The van der Waals surface area contributed by atoms with Gasteiger partial charge in [-0.15, -0.1) is 0 Å². The molecule has 10 heteroatoms. The van der Waals surface area contributed by atoms with E-state index in [1.165, 1.54) is 4.31 Å². The molecule has 2 amide bonds. The highest BCUT2D eigenvalue weighted by Crippen LogP contribution is 2.30. The number of sulfonamides is 1. The van der Waals surface area contributed by atoms with E-state index in [-0.39, 0.29) is 43.1 Å². The van der Waals surface area contributed by atoms with E-state index in [0.717, 1.165) is 37.1 Å². The summed E-state index contributed by atoms with van der Waals surface area (Å²) >= 11 is 0. The molecular formula is C15H18F3N3O3S. The number of urea groups is 1. The van der Waals surface area contributed by atoms with E-state index in [4.69, 9.17) is 0 Å². The van der Waals surface area contributed by atoms with Crippen molar-refractivity contribution in [3.8, 4) is 0 Å². The summed E-state index contributed by atoms with van der Waals surface area (Å²) in [5, 5.41) is 2.84. The van der Waals surface area contributed by atoms with Crippen molar-refractivity contribution in [1.82, 2.24) is 14.5 Å². The Hall–Kier alpha value is -1.81. The molecule has 1 saturated heterocycles. The van der Waals surface area contributed by atoms with Crippen LogP contribution in [0.5, 0.6) is 0 Å². The standard InChI is InChI=1S/C15H18F3N3O3S/c16-15(17,18)11-1-5-13(6-2-11)25(23,24)21-9-7-20(8-10-21)14(22)19-12-3-4-12/h1-2,5-6,12H,3-4,7-10H2,(H,19,22). The summed E-state index contributed by atoms with van der Waals surface area (Å²) in [6.45, 7) is 0.722. The topological polar surface area (TPSA) is 69.7 Å². The van der Waals surface area contributed by atoms with Crippen molar-refractivity contribution in [2.75, 3.05) is 26.2 Å². The SMILES string of the molecule is O=C(NC1CC1)N1CCN(S(=O)(=O)c2ccc(C(F)(F)F)cc2)CC1. The van der Waals surface area contributed by atoms with E-state index in [2.05, 4.69) is 5.32 Å². The summed E-state index contributed by atoms with van der Waals surface area (Å²) in [7, 11) is -3.88. The highest BCUT2D eigenvalue weighted by Gasteiger charge is 2.34. The van der Waals surface area contributed by atoms with E-state index in [9.17, 15) is 26.4 Å². The van der Waals surface area contributed by atoms with Crippen molar-refractivity contribution >= 4 is 16.1 Å². The molecule has 0 unspecified atom stereocenters. The fourth-order valence-electron chi connectivity index (χ4n) is 2.59. The van der Waals surface area contributed by atoms with Crippen molar-refractivity contribution in [1.29, 1.82) is 0 Å². The Morgan fingerprint density at radius 2 is 1.60 bits per heavy atom. The molecule has 1 aliphatic heterocycles. The summed E-state index contributed by atoms with van der Waals surface area (Å²) < 4.78 is 64.0. The molecule has 1 aromatic carbocycles. The molecule has 25 heavy (non-hydrogen) atoms. The first-order chi connectivity index (χ1) is 11.7. The Bertz CT molecular complexity index is 738. The number of benzene rings is 1. The number of carbonyl (C=O) groups excluding carboxylic acids is 1. The second kappa shape index (κ2) is 6.49. The normalized spacial score (nSPS) is 19.7. The van der Waals surface area contributed by atoms with Crippen LogP contribution in [0.1, 0.15) is 18.4 Å². The Morgan fingerprint density at radius 3 is 2.08 bits per heavy atom. The lowest BCUT2D eigenvalue weighted by Crippen LogP contribution is -2.53. The van der Waals surface area contributed by atoms with Gasteiger partial charge in [0.2, 0.25) is 10.0 Å². The summed E-state index contributed by atoms with van der Waals surface area (Å²) in [6, 6.07) is 3.46. The van der Waals surface area contributed by atoms with Gasteiger partial charge < -0.3 is 10.2 Å². The molecule has 0 radical (unpaired) electrons. The smallest absolute Gasteiger partial charge is 0.335 e.